The smallest absolute Gasteiger partial charge is 0.0601 e. The van der Waals surface area contributed by atoms with Crippen LogP contribution in [0.2, 0.25) is 0 Å². The van der Waals surface area contributed by atoms with Crippen molar-refractivity contribution in [1.29, 1.82) is 0 Å². The Kier molecular flexibility index (Phi) is 11.7. The van der Waals surface area contributed by atoms with Crippen LogP contribution < -0.4 is 0 Å². The van der Waals surface area contributed by atoms with Crippen LogP contribution in [0.25, 0.3) is 0 Å². The lowest BCUT2D eigenvalue weighted by molar-refractivity contribution is 0.215. The van der Waals surface area contributed by atoms with Gasteiger partial charge in [-0.1, -0.05) is 126 Å². The molecule has 28 heavy (non-hydrogen) atoms. The first-order valence-electron chi connectivity index (χ1n) is 11.7. The van der Waals surface area contributed by atoms with Crippen LogP contribution in [0.15, 0.2) is 60.7 Å². The van der Waals surface area contributed by atoms with Crippen LogP contribution in [0.4, 0.5) is 0 Å². The zero-order valence-corrected chi connectivity index (χ0v) is 18.3. The summed E-state index contributed by atoms with van der Waals surface area (Å²) in [6, 6.07) is 22.6. The Labute approximate surface area is 174 Å². The molecule has 0 fully saturated rings. The summed E-state index contributed by atoms with van der Waals surface area (Å²) in [4.78, 5) is 2.75. The van der Waals surface area contributed by atoms with E-state index in [0.29, 0.717) is 6.04 Å². The standard InChI is InChI=1S/C27H41N/c1-3-5-7-9-17-23-28(24-18-10-8-6-4-2)27(25-19-13-11-14-20-25)26-21-15-12-16-22-26/h11-16,19-22,27H,3-10,17-18,23-24H2,1-2H3. The summed E-state index contributed by atoms with van der Waals surface area (Å²) in [5.41, 5.74) is 2.85. The molecule has 1 heteroatoms. The highest BCUT2D eigenvalue weighted by atomic mass is 15.2. The molecule has 154 valence electrons. The van der Waals surface area contributed by atoms with E-state index in [0.717, 1.165) is 0 Å². The summed E-state index contributed by atoms with van der Waals surface area (Å²) in [6.07, 6.45) is 13.5. The summed E-state index contributed by atoms with van der Waals surface area (Å²) >= 11 is 0. The van der Waals surface area contributed by atoms with Gasteiger partial charge in [-0.05, 0) is 37.1 Å². The molecule has 0 aliphatic carbocycles. The van der Waals surface area contributed by atoms with Crippen LogP contribution >= 0.6 is 0 Å². The molecule has 0 spiro atoms. The van der Waals surface area contributed by atoms with Gasteiger partial charge in [0.05, 0.1) is 6.04 Å². The van der Waals surface area contributed by atoms with Gasteiger partial charge in [0, 0.05) is 0 Å². The molecule has 0 aliphatic rings. The van der Waals surface area contributed by atoms with E-state index >= 15 is 0 Å². The molecule has 0 saturated carbocycles. The number of hydrogen-bond acceptors (Lipinski definition) is 1. The van der Waals surface area contributed by atoms with E-state index in [1.165, 1.54) is 88.4 Å². The normalized spacial score (nSPS) is 11.4. The first-order chi connectivity index (χ1) is 13.9. The number of hydrogen-bond donors (Lipinski definition) is 0. The van der Waals surface area contributed by atoms with Gasteiger partial charge in [-0.25, -0.2) is 0 Å². The van der Waals surface area contributed by atoms with Crippen molar-refractivity contribution in [2.75, 3.05) is 13.1 Å². The summed E-state index contributed by atoms with van der Waals surface area (Å²) in [7, 11) is 0. The maximum atomic E-state index is 2.75. The Morgan fingerprint density at radius 2 is 0.929 bits per heavy atom. The topological polar surface area (TPSA) is 3.24 Å². The minimum absolute atomic E-state index is 0.375. The van der Waals surface area contributed by atoms with Crippen molar-refractivity contribution in [3.8, 4) is 0 Å². The first kappa shape index (κ1) is 22.7. The molecule has 0 aliphatic heterocycles. The van der Waals surface area contributed by atoms with Crippen molar-refractivity contribution < 1.29 is 0 Å². The molecule has 2 rings (SSSR count). The van der Waals surface area contributed by atoms with Crippen molar-refractivity contribution in [3.63, 3.8) is 0 Å². The molecule has 0 saturated heterocycles. The van der Waals surface area contributed by atoms with Gasteiger partial charge in [-0.15, -0.1) is 0 Å². The second-order valence-corrected chi connectivity index (χ2v) is 8.09. The SMILES string of the molecule is CCCCCCCN(CCCCCCC)C(c1ccccc1)c1ccccc1. The molecule has 0 bridgehead atoms. The van der Waals surface area contributed by atoms with Crippen LogP contribution in [-0.4, -0.2) is 18.0 Å². The van der Waals surface area contributed by atoms with Crippen LogP contribution in [0.1, 0.15) is 95.2 Å². The van der Waals surface area contributed by atoms with Gasteiger partial charge in [0.25, 0.3) is 0 Å². The molecule has 0 atom stereocenters. The Balaban J connectivity index is 2.11. The van der Waals surface area contributed by atoms with Crippen LogP contribution in [-0.2, 0) is 0 Å². The van der Waals surface area contributed by atoms with E-state index in [2.05, 4.69) is 79.4 Å². The van der Waals surface area contributed by atoms with Crippen molar-refractivity contribution in [1.82, 2.24) is 4.90 Å². The first-order valence-corrected chi connectivity index (χ1v) is 11.7. The molecular weight excluding hydrogens is 338 g/mol. The van der Waals surface area contributed by atoms with E-state index in [1.807, 2.05) is 0 Å². The molecule has 1 nitrogen and oxygen atoms in total. The quantitative estimate of drug-likeness (QED) is 0.283. The van der Waals surface area contributed by atoms with E-state index in [9.17, 15) is 0 Å². The van der Waals surface area contributed by atoms with Gasteiger partial charge >= 0.3 is 0 Å². The largest absolute Gasteiger partial charge is 0.292 e. The third-order valence-electron chi connectivity index (χ3n) is 5.69. The molecule has 2 aromatic carbocycles. The molecule has 0 heterocycles. The fourth-order valence-electron chi connectivity index (χ4n) is 4.09. The monoisotopic (exact) mass is 379 g/mol. The Bertz CT molecular complexity index is 539. The van der Waals surface area contributed by atoms with E-state index < -0.39 is 0 Å². The molecule has 0 radical (unpaired) electrons. The number of nitrogens with zero attached hydrogens (tertiary/aromatic N) is 1. The van der Waals surface area contributed by atoms with E-state index in [1.54, 1.807) is 0 Å². The highest BCUT2D eigenvalue weighted by Crippen LogP contribution is 2.29. The summed E-state index contributed by atoms with van der Waals surface area (Å²) < 4.78 is 0. The van der Waals surface area contributed by atoms with Crippen molar-refractivity contribution >= 4 is 0 Å². The number of benzene rings is 2. The predicted octanol–water partition coefficient (Wildman–Crippen LogP) is 8.02. The lowest BCUT2D eigenvalue weighted by atomic mass is 9.96. The zero-order valence-electron chi connectivity index (χ0n) is 18.3. The number of unbranched alkanes of at least 4 members (excludes halogenated alkanes) is 8. The van der Waals surface area contributed by atoms with Crippen molar-refractivity contribution in [2.45, 2.75) is 84.1 Å². The van der Waals surface area contributed by atoms with Gasteiger partial charge in [0.1, 0.15) is 0 Å². The zero-order chi connectivity index (χ0) is 19.9. The minimum Gasteiger partial charge on any atom is -0.292 e. The summed E-state index contributed by atoms with van der Waals surface area (Å²) in [5.74, 6) is 0. The molecule has 0 amide bonds. The molecule has 0 aromatic heterocycles. The average molecular weight is 380 g/mol. The van der Waals surface area contributed by atoms with Crippen LogP contribution in [0.3, 0.4) is 0 Å². The lowest BCUT2D eigenvalue weighted by Gasteiger charge is -2.33. The van der Waals surface area contributed by atoms with Crippen LogP contribution in [0, 0.1) is 0 Å². The summed E-state index contributed by atoms with van der Waals surface area (Å²) in [5, 5.41) is 0. The van der Waals surface area contributed by atoms with E-state index in [-0.39, 0.29) is 0 Å². The van der Waals surface area contributed by atoms with Gasteiger partial charge in [-0.3, -0.25) is 4.90 Å². The van der Waals surface area contributed by atoms with Gasteiger partial charge in [-0.2, -0.15) is 0 Å². The predicted molar refractivity (Wildman–Crippen MR) is 124 cm³/mol. The van der Waals surface area contributed by atoms with Gasteiger partial charge in [0.2, 0.25) is 0 Å². The van der Waals surface area contributed by atoms with Gasteiger partial charge in [0.15, 0.2) is 0 Å². The Hall–Kier alpha value is -1.60. The summed E-state index contributed by atoms with van der Waals surface area (Å²) in [6.45, 7) is 6.99. The molecule has 0 unspecified atom stereocenters. The maximum absolute atomic E-state index is 2.75. The molecule has 2 aromatic rings. The second-order valence-electron chi connectivity index (χ2n) is 8.09. The third kappa shape index (κ3) is 8.19. The van der Waals surface area contributed by atoms with Crippen molar-refractivity contribution in [3.05, 3.63) is 71.8 Å². The maximum Gasteiger partial charge on any atom is 0.0601 e. The van der Waals surface area contributed by atoms with Gasteiger partial charge < -0.3 is 0 Å². The molecule has 0 N–H and O–H groups in total. The third-order valence-corrected chi connectivity index (χ3v) is 5.69. The highest BCUT2D eigenvalue weighted by Gasteiger charge is 2.21. The average Bonchev–Trinajstić information content (AvgIpc) is 2.74. The minimum atomic E-state index is 0.375. The van der Waals surface area contributed by atoms with Crippen LogP contribution in [0.5, 0.6) is 0 Å². The Morgan fingerprint density at radius 3 is 1.32 bits per heavy atom. The fraction of sp³-hybridized carbons (Fsp3) is 0.556. The van der Waals surface area contributed by atoms with E-state index in [4.69, 9.17) is 0 Å². The Morgan fingerprint density at radius 1 is 0.536 bits per heavy atom. The van der Waals surface area contributed by atoms with Crippen molar-refractivity contribution in [2.24, 2.45) is 0 Å². The highest BCUT2D eigenvalue weighted by molar-refractivity contribution is 5.31. The second kappa shape index (κ2) is 14.4. The lowest BCUT2D eigenvalue weighted by Crippen LogP contribution is -2.31. The number of rotatable bonds is 15. The molecular formula is C27H41N. The fourth-order valence-corrected chi connectivity index (χ4v) is 4.09.